The molecule has 9 N–H and O–H groups in total. The van der Waals surface area contributed by atoms with Gasteiger partial charge in [-0.05, 0) is 0 Å². The molecule has 7 heterocycles. The summed E-state index contributed by atoms with van der Waals surface area (Å²) in [7, 11) is -9.94. The van der Waals surface area contributed by atoms with Gasteiger partial charge in [-0.2, -0.15) is 0 Å². The third-order valence-electron chi connectivity index (χ3n) is 7.37. The second-order valence-electron chi connectivity index (χ2n) is 10.2. The van der Waals surface area contributed by atoms with Gasteiger partial charge in [-0.1, -0.05) is 0 Å². The van der Waals surface area contributed by atoms with Crippen LogP contribution >= 0.6 is 15.6 Å². The van der Waals surface area contributed by atoms with E-state index in [1.54, 1.807) is 0 Å². The van der Waals surface area contributed by atoms with Gasteiger partial charge in [-0.3, -0.25) is 27.2 Å². The first-order valence-corrected chi connectivity index (χ1v) is 16.0. The third-order valence-corrected chi connectivity index (χ3v) is 9.37. The normalized spacial score (nSPS) is 39.4. The van der Waals surface area contributed by atoms with Crippen LogP contribution in [0, 0.1) is 0 Å². The van der Waals surface area contributed by atoms with E-state index >= 15 is 4.39 Å². The zero-order valence-electron chi connectivity index (χ0n) is 22.3. The van der Waals surface area contributed by atoms with Gasteiger partial charge in [0.25, 0.3) is 0 Å². The minimum absolute atomic E-state index is 0.0698. The highest BCUT2D eigenvalue weighted by Crippen LogP contribution is 2.54. The molecular weight excluding hydrogens is 635 g/mol. The van der Waals surface area contributed by atoms with Gasteiger partial charge in [0.1, 0.15) is 60.2 Å². The Hall–Kier alpha value is -3.14. The molecule has 21 nitrogen and oxygen atoms in total. The number of guanidine groups is 1. The predicted molar refractivity (Wildman–Crippen MR) is 143 cm³/mol. The van der Waals surface area contributed by atoms with E-state index in [0.717, 1.165) is 0 Å². The zero-order chi connectivity index (χ0) is 31.0. The van der Waals surface area contributed by atoms with Crippen molar-refractivity contribution in [3.05, 3.63) is 24.7 Å². The van der Waals surface area contributed by atoms with Gasteiger partial charge < -0.3 is 41.8 Å². The largest absolute Gasteiger partial charge is 0.472 e. The first-order valence-electron chi connectivity index (χ1n) is 13.0. The number of phosphoric acid groups is 2. The van der Waals surface area contributed by atoms with Gasteiger partial charge in [-0.15, -0.1) is 0 Å². The lowest BCUT2D eigenvalue weighted by Gasteiger charge is -2.27. The van der Waals surface area contributed by atoms with Gasteiger partial charge >= 0.3 is 15.6 Å². The van der Waals surface area contributed by atoms with Crippen molar-refractivity contribution in [1.82, 2.24) is 29.1 Å². The molecule has 238 valence electrons. The first kappa shape index (κ1) is 29.6. The Morgan fingerprint density at radius 2 is 1.68 bits per heavy atom. The van der Waals surface area contributed by atoms with Crippen LogP contribution < -0.4 is 22.5 Å². The van der Waals surface area contributed by atoms with Crippen molar-refractivity contribution in [3.8, 4) is 0 Å². The molecule has 3 aromatic rings. The molecule has 10 atom stereocenters. The van der Waals surface area contributed by atoms with Crippen molar-refractivity contribution < 1.29 is 50.9 Å². The van der Waals surface area contributed by atoms with E-state index in [1.165, 1.54) is 28.1 Å². The predicted octanol–water partition coefficient (Wildman–Crippen LogP) is -0.456. The van der Waals surface area contributed by atoms with Crippen LogP contribution in [-0.2, 0) is 36.7 Å². The molecule has 2 bridgehead atoms. The number of ether oxygens (including phenoxy) is 2. The number of hydrogen-bond donors (Lipinski definition) is 6. The summed E-state index contributed by atoms with van der Waals surface area (Å²) in [5.74, 6) is 0.212. The molecule has 0 radical (unpaired) electrons. The maximum atomic E-state index is 15.7. The van der Waals surface area contributed by atoms with Crippen molar-refractivity contribution in [2.45, 2.75) is 55.6 Å². The molecule has 0 aliphatic carbocycles. The molecule has 3 fully saturated rings. The molecular formula is C20H26FN11O10P2. The summed E-state index contributed by atoms with van der Waals surface area (Å²) in [6.07, 6.45) is -7.50. The molecule has 4 aliphatic heterocycles. The Bertz CT molecular complexity index is 1720. The molecule has 3 aromatic heterocycles. The van der Waals surface area contributed by atoms with E-state index in [2.05, 4.69) is 30.2 Å². The van der Waals surface area contributed by atoms with Crippen LogP contribution in [0.2, 0.25) is 0 Å². The van der Waals surface area contributed by atoms with E-state index < -0.39 is 78.1 Å². The van der Waals surface area contributed by atoms with Crippen LogP contribution in [0.1, 0.15) is 30.7 Å². The topological polar surface area (TPSA) is 294 Å². The molecule has 5 unspecified atom stereocenters. The number of nitrogens with one attached hydrogen (secondary N) is 1. The van der Waals surface area contributed by atoms with Gasteiger partial charge in [0.2, 0.25) is 0 Å². The number of halogens is 1. The maximum absolute atomic E-state index is 15.7. The van der Waals surface area contributed by atoms with E-state index in [9.17, 15) is 18.9 Å². The number of phosphoric ester groups is 2. The van der Waals surface area contributed by atoms with E-state index in [-0.39, 0.29) is 35.2 Å². The molecule has 44 heavy (non-hydrogen) atoms. The minimum atomic E-state index is -5.05. The highest BCUT2D eigenvalue weighted by atomic mass is 31.2. The van der Waals surface area contributed by atoms with Crippen LogP contribution in [0.25, 0.3) is 11.2 Å². The lowest BCUT2D eigenvalue weighted by atomic mass is 10.1. The van der Waals surface area contributed by atoms with Crippen LogP contribution in [0.3, 0.4) is 0 Å². The number of fused-ring (bicyclic) bond motifs is 5. The van der Waals surface area contributed by atoms with Gasteiger partial charge in [-0.25, -0.2) is 38.4 Å². The molecule has 7 rings (SSSR count). The van der Waals surface area contributed by atoms with Crippen molar-refractivity contribution in [2.75, 3.05) is 24.3 Å². The summed E-state index contributed by atoms with van der Waals surface area (Å²) in [5, 5.41) is 2.74. The fourth-order valence-electron chi connectivity index (χ4n) is 5.38. The lowest BCUT2D eigenvalue weighted by molar-refractivity contribution is -0.0673. The van der Waals surface area contributed by atoms with Crippen molar-refractivity contribution in [2.24, 2.45) is 16.5 Å². The Labute approximate surface area is 245 Å². The SMILES string of the molecule is NC1=NC(N)c2ncn([C@@H]3O[C@@H]4COP(=O)(O)OC5C[C@H](n6cnc7c(N)ncnc76)O[C@@H]5COP(=O)(O)O[C@H]3C4F)c2N1. The second-order valence-corrected chi connectivity index (χ2v) is 13.0. The summed E-state index contributed by atoms with van der Waals surface area (Å²) in [6, 6.07) is 0. The summed E-state index contributed by atoms with van der Waals surface area (Å²) in [4.78, 5) is 41.5. The van der Waals surface area contributed by atoms with E-state index in [0.29, 0.717) is 5.65 Å². The number of aromatic nitrogens is 6. The number of hydrogen-bond acceptors (Lipinski definition) is 17. The van der Waals surface area contributed by atoms with E-state index in [4.69, 9.17) is 44.8 Å². The number of alkyl halides is 1. The number of nitrogens with two attached hydrogens (primary N) is 3. The molecule has 24 heteroatoms. The lowest BCUT2D eigenvalue weighted by Crippen LogP contribution is -2.34. The fraction of sp³-hybridized carbons (Fsp3) is 0.550. The number of rotatable bonds is 2. The van der Waals surface area contributed by atoms with Crippen molar-refractivity contribution >= 4 is 44.4 Å². The average molecular weight is 661 g/mol. The maximum Gasteiger partial charge on any atom is 0.472 e. The Kier molecular flexibility index (Phi) is 7.22. The number of anilines is 2. The summed E-state index contributed by atoms with van der Waals surface area (Å²) < 4.78 is 77.3. The quantitative estimate of drug-likeness (QED) is 0.189. The standard InChI is InChI=1S/C20H26FN11O10P2/c21-11-9-3-38-43(33,34)41-7-1-10(31-5-27-12-15(22)25-4-26-17(12)31)39-8(7)2-37-44(35,36)42-14(11)19(40-9)32-6-28-13-16(23)29-20(24)30-18(13)32/h4-11,14,16,19H,1-3,23H2,(H,33,34)(H,35,36)(H2,22,25,26)(H3,24,29,30)/t7?,8-,9-,10-,11?,14+,16?,19-/m1/s1. The number of nitrogen functional groups attached to an aromatic ring is 1. The van der Waals surface area contributed by atoms with Crippen LogP contribution in [0.15, 0.2) is 24.0 Å². The smallest absolute Gasteiger partial charge is 0.382 e. The van der Waals surface area contributed by atoms with Crippen LogP contribution in [-0.4, -0.2) is 88.6 Å². The van der Waals surface area contributed by atoms with Gasteiger partial charge in [0.05, 0.1) is 25.9 Å². The molecule has 0 saturated carbocycles. The molecule has 3 saturated heterocycles. The summed E-state index contributed by atoms with van der Waals surface area (Å²) in [6.45, 7) is -1.49. The Morgan fingerprint density at radius 3 is 2.48 bits per heavy atom. The third kappa shape index (κ3) is 5.26. The summed E-state index contributed by atoms with van der Waals surface area (Å²) >= 11 is 0. The Balaban J connectivity index is 1.17. The summed E-state index contributed by atoms with van der Waals surface area (Å²) in [5.41, 5.74) is 18.4. The number of nitrogens with zero attached hydrogens (tertiary/aromatic N) is 7. The minimum Gasteiger partial charge on any atom is -0.382 e. The highest BCUT2D eigenvalue weighted by molar-refractivity contribution is 7.47. The monoisotopic (exact) mass is 661 g/mol. The van der Waals surface area contributed by atoms with Crippen molar-refractivity contribution in [3.63, 3.8) is 0 Å². The molecule has 0 aromatic carbocycles. The number of aliphatic imine (C=N–C) groups is 1. The Morgan fingerprint density at radius 1 is 0.955 bits per heavy atom. The molecule has 0 spiro atoms. The average Bonchev–Trinajstić information content (AvgIpc) is 3.72. The molecule has 0 amide bonds. The molecule has 4 aliphatic rings. The van der Waals surface area contributed by atoms with Crippen LogP contribution in [0.5, 0.6) is 0 Å². The van der Waals surface area contributed by atoms with Crippen molar-refractivity contribution in [1.29, 1.82) is 0 Å². The first-order chi connectivity index (χ1) is 20.9. The van der Waals surface area contributed by atoms with Crippen LogP contribution in [0.4, 0.5) is 16.0 Å². The zero-order valence-corrected chi connectivity index (χ0v) is 24.1. The number of imidazole rings is 2. The van der Waals surface area contributed by atoms with Gasteiger partial charge in [0.15, 0.2) is 29.8 Å². The second kappa shape index (κ2) is 10.7. The fourth-order valence-corrected chi connectivity index (χ4v) is 7.26. The van der Waals surface area contributed by atoms with Gasteiger partial charge in [0, 0.05) is 6.42 Å². The highest BCUT2D eigenvalue weighted by Gasteiger charge is 2.53. The van der Waals surface area contributed by atoms with E-state index in [1.807, 2.05) is 0 Å².